The SMILES string of the molecule is N#CCCNC(=O)Cn1cccc1C#N. The lowest BCUT2D eigenvalue weighted by Crippen LogP contribution is -2.28. The Kier molecular flexibility index (Phi) is 3.93. The molecule has 0 fully saturated rings. The van der Waals surface area contributed by atoms with Crippen molar-refractivity contribution in [3.63, 3.8) is 0 Å². The predicted molar refractivity (Wildman–Crippen MR) is 52.4 cm³/mol. The van der Waals surface area contributed by atoms with Crippen LogP contribution in [-0.2, 0) is 11.3 Å². The quantitative estimate of drug-likeness (QED) is 0.717. The maximum atomic E-state index is 11.3. The molecule has 1 rings (SSSR count). The Hall–Kier alpha value is -2.27. The van der Waals surface area contributed by atoms with Gasteiger partial charge in [-0.2, -0.15) is 10.5 Å². The van der Waals surface area contributed by atoms with Crippen LogP contribution in [0.4, 0.5) is 0 Å². The molecule has 5 heteroatoms. The van der Waals surface area contributed by atoms with Crippen LogP contribution in [0.5, 0.6) is 0 Å². The van der Waals surface area contributed by atoms with Crippen molar-refractivity contribution in [3.8, 4) is 12.1 Å². The van der Waals surface area contributed by atoms with Crippen molar-refractivity contribution in [2.75, 3.05) is 6.54 Å². The van der Waals surface area contributed by atoms with Crippen molar-refractivity contribution in [3.05, 3.63) is 24.0 Å². The topological polar surface area (TPSA) is 81.6 Å². The molecular formula is C10H10N4O. The first-order valence-electron chi connectivity index (χ1n) is 4.47. The number of hydrogen-bond acceptors (Lipinski definition) is 3. The van der Waals surface area contributed by atoms with Crippen LogP contribution in [0.25, 0.3) is 0 Å². The standard InChI is InChI=1S/C10H10N4O/c11-4-2-5-13-10(15)8-14-6-1-3-9(14)7-12/h1,3,6H,2,5,8H2,(H,13,15). The molecule has 0 atom stereocenters. The molecule has 0 saturated carbocycles. The number of nitrogens with zero attached hydrogens (tertiary/aromatic N) is 3. The van der Waals surface area contributed by atoms with E-state index in [0.717, 1.165) is 0 Å². The van der Waals surface area contributed by atoms with Gasteiger partial charge in [0, 0.05) is 12.7 Å². The van der Waals surface area contributed by atoms with Crippen molar-refractivity contribution in [2.24, 2.45) is 0 Å². The van der Waals surface area contributed by atoms with Gasteiger partial charge in [0.1, 0.15) is 18.3 Å². The molecule has 0 spiro atoms. The summed E-state index contributed by atoms with van der Waals surface area (Å²) in [7, 11) is 0. The lowest BCUT2D eigenvalue weighted by Gasteiger charge is -2.04. The van der Waals surface area contributed by atoms with Crippen LogP contribution in [0.15, 0.2) is 18.3 Å². The van der Waals surface area contributed by atoms with Crippen LogP contribution in [0.2, 0.25) is 0 Å². The first-order valence-corrected chi connectivity index (χ1v) is 4.47. The van der Waals surface area contributed by atoms with Crippen LogP contribution in [0.3, 0.4) is 0 Å². The molecule has 0 saturated heterocycles. The fourth-order valence-corrected chi connectivity index (χ4v) is 1.12. The van der Waals surface area contributed by atoms with Gasteiger partial charge < -0.3 is 9.88 Å². The largest absolute Gasteiger partial charge is 0.354 e. The van der Waals surface area contributed by atoms with E-state index in [1.165, 1.54) is 0 Å². The van der Waals surface area contributed by atoms with Gasteiger partial charge in [-0.1, -0.05) is 0 Å². The first-order chi connectivity index (χ1) is 7.27. The van der Waals surface area contributed by atoms with E-state index in [0.29, 0.717) is 18.7 Å². The van der Waals surface area contributed by atoms with Crippen LogP contribution in [0.1, 0.15) is 12.1 Å². The molecular weight excluding hydrogens is 192 g/mol. The average molecular weight is 202 g/mol. The maximum absolute atomic E-state index is 11.3. The van der Waals surface area contributed by atoms with E-state index < -0.39 is 0 Å². The van der Waals surface area contributed by atoms with Gasteiger partial charge in [0.15, 0.2) is 0 Å². The number of carbonyl (C=O) groups excluding carboxylic acids is 1. The number of hydrogen-bond donors (Lipinski definition) is 1. The van der Waals surface area contributed by atoms with Gasteiger partial charge in [-0.15, -0.1) is 0 Å². The van der Waals surface area contributed by atoms with Crippen molar-refractivity contribution in [1.29, 1.82) is 10.5 Å². The molecule has 1 aromatic heterocycles. The van der Waals surface area contributed by atoms with E-state index in [2.05, 4.69) is 5.32 Å². The molecule has 15 heavy (non-hydrogen) atoms. The third-order valence-corrected chi connectivity index (χ3v) is 1.82. The van der Waals surface area contributed by atoms with Gasteiger partial charge >= 0.3 is 0 Å². The van der Waals surface area contributed by atoms with Crippen molar-refractivity contribution in [2.45, 2.75) is 13.0 Å². The van der Waals surface area contributed by atoms with Gasteiger partial charge in [-0.05, 0) is 12.1 Å². The summed E-state index contributed by atoms with van der Waals surface area (Å²) in [4.78, 5) is 11.3. The molecule has 0 unspecified atom stereocenters. The lowest BCUT2D eigenvalue weighted by molar-refractivity contribution is -0.121. The summed E-state index contributed by atoms with van der Waals surface area (Å²) in [5.74, 6) is -0.196. The third kappa shape index (κ3) is 3.17. The van der Waals surface area contributed by atoms with Gasteiger partial charge in [-0.3, -0.25) is 4.79 Å². The Bertz CT molecular complexity index is 421. The second kappa shape index (κ2) is 5.46. The number of aromatic nitrogens is 1. The highest BCUT2D eigenvalue weighted by molar-refractivity contribution is 5.75. The van der Waals surface area contributed by atoms with Crippen LogP contribution < -0.4 is 5.32 Å². The summed E-state index contributed by atoms with van der Waals surface area (Å²) in [6.07, 6.45) is 1.96. The zero-order chi connectivity index (χ0) is 11.1. The number of rotatable bonds is 4. The van der Waals surface area contributed by atoms with Crippen molar-refractivity contribution < 1.29 is 4.79 Å². The van der Waals surface area contributed by atoms with E-state index in [1.54, 1.807) is 22.9 Å². The van der Waals surface area contributed by atoms with Gasteiger partial charge in [0.2, 0.25) is 5.91 Å². The minimum atomic E-state index is -0.196. The van der Waals surface area contributed by atoms with E-state index in [9.17, 15) is 4.79 Å². The Morgan fingerprint density at radius 3 is 3.00 bits per heavy atom. The molecule has 0 aromatic carbocycles. The number of carbonyl (C=O) groups is 1. The summed E-state index contributed by atoms with van der Waals surface area (Å²) in [6, 6.07) is 7.26. The highest BCUT2D eigenvalue weighted by Crippen LogP contribution is 1.99. The highest BCUT2D eigenvalue weighted by Gasteiger charge is 2.04. The molecule has 0 bridgehead atoms. The first kappa shape index (κ1) is 10.8. The molecule has 1 N–H and O–H groups in total. The van der Waals surface area contributed by atoms with E-state index >= 15 is 0 Å². The lowest BCUT2D eigenvalue weighted by atomic mass is 10.4. The van der Waals surface area contributed by atoms with Crippen molar-refractivity contribution >= 4 is 5.91 Å². The van der Waals surface area contributed by atoms with Crippen LogP contribution in [0, 0.1) is 22.7 Å². The monoisotopic (exact) mass is 202 g/mol. The molecule has 1 aromatic rings. The molecule has 0 aliphatic heterocycles. The molecule has 1 amide bonds. The maximum Gasteiger partial charge on any atom is 0.239 e. The average Bonchev–Trinajstić information content (AvgIpc) is 2.65. The number of amides is 1. The predicted octanol–water partition coefficient (Wildman–Crippen LogP) is 0.390. The minimum Gasteiger partial charge on any atom is -0.354 e. The molecule has 0 aliphatic rings. The van der Waals surface area contributed by atoms with E-state index in [1.807, 2.05) is 12.1 Å². The second-order valence-electron chi connectivity index (χ2n) is 2.89. The Morgan fingerprint density at radius 1 is 1.53 bits per heavy atom. The van der Waals surface area contributed by atoms with Gasteiger partial charge in [-0.25, -0.2) is 0 Å². The smallest absolute Gasteiger partial charge is 0.239 e. The molecule has 0 aliphatic carbocycles. The summed E-state index contributed by atoms with van der Waals surface area (Å²) in [6.45, 7) is 0.458. The van der Waals surface area contributed by atoms with Gasteiger partial charge in [0.25, 0.3) is 0 Å². The summed E-state index contributed by atoms with van der Waals surface area (Å²) < 4.78 is 1.56. The Balaban J connectivity index is 2.46. The van der Waals surface area contributed by atoms with Crippen LogP contribution in [-0.4, -0.2) is 17.0 Å². The second-order valence-corrected chi connectivity index (χ2v) is 2.89. The Morgan fingerprint density at radius 2 is 2.33 bits per heavy atom. The highest BCUT2D eigenvalue weighted by atomic mass is 16.1. The summed E-state index contributed by atoms with van der Waals surface area (Å²) in [5, 5.41) is 19.5. The number of nitriles is 2. The zero-order valence-corrected chi connectivity index (χ0v) is 8.10. The van der Waals surface area contributed by atoms with E-state index in [4.69, 9.17) is 10.5 Å². The fourth-order valence-electron chi connectivity index (χ4n) is 1.12. The third-order valence-electron chi connectivity index (χ3n) is 1.82. The molecule has 1 heterocycles. The van der Waals surface area contributed by atoms with Gasteiger partial charge in [0.05, 0.1) is 12.5 Å². The summed E-state index contributed by atoms with van der Waals surface area (Å²) in [5.41, 5.74) is 0.449. The fraction of sp³-hybridized carbons (Fsp3) is 0.300. The van der Waals surface area contributed by atoms with Crippen LogP contribution >= 0.6 is 0 Å². The molecule has 5 nitrogen and oxygen atoms in total. The number of nitrogens with one attached hydrogen (secondary N) is 1. The molecule has 76 valence electrons. The molecule has 0 radical (unpaired) electrons. The van der Waals surface area contributed by atoms with E-state index in [-0.39, 0.29) is 12.5 Å². The normalized spacial score (nSPS) is 8.93. The van der Waals surface area contributed by atoms with Crippen molar-refractivity contribution in [1.82, 2.24) is 9.88 Å². The summed E-state index contributed by atoms with van der Waals surface area (Å²) >= 11 is 0. The minimum absolute atomic E-state index is 0.112. The zero-order valence-electron chi connectivity index (χ0n) is 8.10. The Labute approximate surface area is 87.5 Å².